The van der Waals surface area contributed by atoms with Crippen LogP contribution >= 0.6 is 11.3 Å². The molecule has 0 fully saturated rings. The topological polar surface area (TPSA) is 80.0 Å². The molecule has 0 saturated carbocycles. The van der Waals surface area contributed by atoms with Crippen LogP contribution in [0.25, 0.3) is 5.57 Å². The van der Waals surface area contributed by atoms with E-state index in [0.717, 1.165) is 10.4 Å². The number of fused-ring (bicyclic) bond motifs is 1. The number of hydrogen-bond donors (Lipinski definition) is 2. The zero-order valence-electron chi connectivity index (χ0n) is 17.3. The molecule has 1 aromatic carbocycles. The lowest BCUT2D eigenvalue weighted by Gasteiger charge is -2.33. The number of carbonyl (C=O) groups excluding carboxylic acids is 1. The second-order valence-corrected chi connectivity index (χ2v) is 8.29. The van der Waals surface area contributed by atoms with Gasteiger partial charge in [0.25, 0.3) is 0 Å². The molecule has 0 aliphatic carbocycles. The fourth-order valence-electron chi connectivity index (χ4n) is 3.72. The molecule has 1 atom stereocenters. The number of nitrogens with one attached hydrogen (secondary N) is 2. The summed E-state index contributed by atoms with van der Waals surface area (Å²) in [6, 6.07) is 10.4. The van der Waals surface area contributed by atoms with Crippen molar-refractivity contribution in [1.82, 2.24) is 10.2 Å². The Morgan fingerprint density at radius 2 is 2.12 bits per heavy atom. The van der Waals surface area contributed by atoms with Gasteiger partial charge in [0.1, 0.15) is 16.7 Å². The van der Waals surface area contributed by atoms with Crippen molar-refractivity contribution in [1.29, 1.82) is 10.7 Å². The SMILES string of the molecule is C=CC(=O)N1Cc2sc(C#N)cc2[C@H](c2ccccc2/C(=C/NCC)C(=N)C(F)(F)F)C1. The molecule has 0 spiro atoms. The van der Waals surface area contributed by atoms with E-state index in [9.17, 15) is 23.2 Å². The molecule has 2 heterocycles. The number of alkyl halides is 3. The van der Waals surface area contributed by atoms with E-state index >= 15 is 0 Å². The van der Waals surface area contributed by atoms with Crippen LogP contribution in [0.4, 0.5) is 13.2 Å². The second-order valence-electron chi connectivity index (χ2n) is 7.15. The summed E-state index contributed by atoms with van der Waals surface area (Å²) in [5, 5.41) is 19.9. The molecule has 1 aliphatic rings. The molecule has 5 nitrogen and oxygen atoms in total. The van der Waals surface area contributed by atoms with Crippen molar-refractivity contribution in [2.75, 3.05) is 13.1 Å². The third-order valence-electron chi connectivity index (χ3n) is 5.18. The third-order valence-corrected chi connectivity index (χ3v) is 6.22. The smallest absolute Gasteiger partial charge is 0.391 e. The molecule has 0 saturated heterocycles. The Morgan fingerprint density at radius 1 is 1.41 bits per heavy atom. The van der Waals surface area contributed by atoms with E-state index in [1.807, 2.05) is 0 Å². The van der Waals surface area contributed by atoms with Gasteiger partial charge in [-0.3, -0.25) is 10.2 Å². The number of nitriles is 1. The van der Waals surface area contributed by atoms with E-state index in [0.29, 0.717) is 23.5 Å². The average Bonchev–Trinajstić information content (AvgIpc) is 3.21. The van der Waals surface area contributed by atoms with Crippen LogP contribution in [0.1, 0.15) is 39.3 Å². The maximum Gasteiger partial charge on any atom is 0.433 e. The lowest BCUT2D eigenvalue weighted by Crippen LogP contribution is -2.37. The highest BCUT2D eigenvalue weighted by Crippen LogP contribution is 2.41. The highest BCUT2D eigenvalue weighted by Gasteiger charge is 2.39. The van der Waals surface area contributed by atoms with Crippen molar-refractivity contribution in [2.24, 2.45) is 0 Å². The minimum absolute atomic E-state index is 0.226. The van der Waals surface area contributed by atoms with Crippen LogP contribution in [0, 0.1) is 16.7 Å². The number of nitrogens with zero attached hydrogens (tertiary/aromatic N) is 2. The van der Waals surface area contributed by atoms with Gasteiger partial charge in [-0.05, 0) is 35.8 Å². The summed E-state index contributed by atoms with van der Waals surface area (Å²) in [7, 11) is 0. The lowest BCUT2D eigenvalue weighted by molar-refractivity contribution is -0.127. The molecule has 9 heteroatoms. The zero-order valence-corrected chi connectivity index (χ0v) is 18.1. The molecule has 0 radical (unpaired) electrons. The van der Waals surface area contributed by atoms with Crippen molar-refractivity contribution < 1.29 is 18.0 Å². The Kier molecular flexibility index (Phi) is 6.84. The summed E-state index contributed by atoms with van der Waals surface area (Å²) in [6.07, 6.45) is -2.42. The van der Waals surface area contributed by atoms with Gasteiger partial charge in [0.15, 0.2) is 0 Å². The average molecular weight is 459 g/mol. The molecule has 1 aromatic heterocycles. The lowest BCUT2D eigenvalue weighted by atomic mass is 9.83. The predicted octanol–water partition coefficient (Wildman–Crippen LogP) is 4.81. The summed E-state index contributed by atoms with van der Waals surface area (Å²) in [6.45, 7) is 6.20. The van der Waals surface area contributed by atoms with Gasteiger partial charge in [0, 0.05) is 35.7 Å². The van der Waals surface area contributed by atoms with E-state index < -0.39 is 17.8 Å². The monoisotopic (exact) mass is 458 g/mol. The summed E-state index contributed by atoms with van der Waals surface area (Å²) < 4.78 is 40.5. The van der Waals surface area contributed by atoms with Gasteiger partial charge in [-0.25, -0.2) is 0 Å². The number of benzene rings is 1. The van der Waals surface area contributed by atoms with E-state index in [-0.39, 0.29) is 23.6 Å². The normalized spacial score (nSPS) is 16.2. The Morgan fingerprint density at radius 3 is 2.75 bits per heavy atom. The van der Waals surface area contributed by atoms with Gasteiger partial charge in [-0.1, -0.05) is 30.8 Å². The van der Waals surface area contributed by atoms with Gasteiger partial charge >= 0.3 is 6.18 Å². The molecule has 32 heavy (non-hydrogen) atoms. The molecule has 2 N–H and O–H groups in total. The fourth-order valence-corrected chi connectivity index (χ4v) is 4.76. The molecule has 0 bridgehead atoms. The first-order valence-electron chi connectivity index (χ1n) is 9.84. The van der Waals surface area contributed by atoms with Crippen molar-refractivity contribution >= 4 is 28.5 Å². The van der Waals surface area contributed by atoms with Gasteiger partial charge in [0.05, 0.1) is 6.54 Å². The van der Waals surface area contributed by atoms with Gasteiger partial charge in [0.2, 0.25) is 5.91 Å². The predicted molar refractivity (Wildman–Crippen MR) is 118 cm³/mol. The molecular weight excluding hydrogens is 437 g/mol. The summed E-state index contributed by atoms with van der Waals surface area (Å²) in [5.74, 6) is -0.750. The van der Waals surface area contributed by atoms with E-state index in [1.54, 1.807) is 42.2 Å². The number of carbonyl (C=O) groups is 1. The van der Waals surface area contributed by atoms with Crippen LogP contribution < -0.4 is 5.32 Å². The van der Waals surface area contributed by atoms with Crippen molar-refractivity contribution in [2.45, 2.75) is 25.6 Å². The van der Waals surface area contributed by atoms with Crippen molar-refractivity contribution in [3.63, 3.8) is 0 Å². The minimum Gasteiger partial charge on any atom is -0.391 e. The first-order chi connectivity index (χ1) is 15.2. The highest BCUT2D eigenvalue weighted by molar-refractivity contribution is 7.12. The second kappa shape index (κ2) is 9.40. The molecular formula is C23H21F3N4OS. The molecule has 166 valence electrons. The first-order valence-corrected chi connectivity index (χ1v) is 10.7. The van der Waals surface area contributed by atoms with E-state index in [2.05, 4.69) is 18.0 Å². The first kappa shape index (κ1) is 23.3. The molecule has 2 aromatic rings. The molecule has 3 rings (SSSR count). The number of halogens is 3. The van der Waals surface area contributed by atoms with Crippen LogP contribution in [0.3, 0.4) is 0 Å². The van der Waals surface area contributed by atoms with Crippen LogP contribution in [-0.2, 0) is 11.3 Å². The van der Waals surface area contributed by atoms with Crippen molar-refractivity contribution in [3.05, 3.63) is 75.6 Å². The van der Waals surface area contributed by atoms with Crippen LogP contribution in [0.15, 0.2) is 49.2 Å². The summed E-state index contributed by atoms with van der Waals surface area (Å²) in [5.41, 5.74) is -0.114. The Bertz CT molecular complexity index is 1130. The highest BCUT2D eigenvalue weighted by atomic mass is 32.1. The van der Waals surface area contributed by atoms with Crippen LogP contribution in [0.2, 0.25) is 0 Å². The molecule has 1 aliphatic heterocycles. The summed E-state index contributed by atoms with van der Waals surface area (Å²) >= 11 is 1.27. The molecule has 1 amide bonds. The standard InChI is InChI=1S/C23H21F3N4OS/c1-3-21(31)30-12-19(17-9-14(10-27)32-20(17)13-30)16-8-6-5-7-15(16)18(11-29-4-2)22(28)23(24,25)26/h3,5-9,11,19,28-29H,1,4,12-13H2,2H3/b18-11-,28-22?/t19-/m0/s1. The van der Waals surface area contributed by atoms with E-state index in [1.165, 1.54) is 23.6 Å². The number of amides is 1. The van der Waals surface area contributed by atoms with Crippen LogP contribution in [-0.4, -0.2) is 35.8 Å². The van der Waals surface area contributed by atoms with Crippen molar-refractivity contribution in [3.8, 4) is 6.07 Å². The number of thiophene rings is 1. The minimum atomic E-state index is -4.83. The van der Waals surface area contributed by atoms with Gasteiger partial charge in [-0.2, -0.15) is 18.4 Å². The fraction of sp³-hybridized carbons (Fsp3) is 0.261. The molecule has 0 unspecified atom stereocenters. The largest absolute Gasteiger partial charge is 0.433 e. The third kappa shape index (κ3) is 4.60. The number of rotatable bonds is 6. The number of allylic oxidation sites excluding steroid dienone is 1. The Hall–Kier alpha value is -3.38. The maximum absolute atomic E-state index is 13.5. The van der Waals surface area contributed by atoms with Crippen LogP contribution in [0.5, 0.6) is 0 Å². The zero-order chi connectivity index (χ0) is 23.5. The Balaban J connectivity index is 2.19. The van der Waals surface area contributed by atoms with Gasteiger partial charge in [-0.15, -0.1) is 11.3 Å². The summed E-state index contributed by atoms with van der Waals surface area (Å²) in [4.78, 5) is 15.2. The number of hydrogen-bond acceptors (Lipinski definition) is 5. The maximum atomic E-state index is 13.5. The van der Waals surface area contributed by atoms with Gasteiger partial charge < -0.3 is 10.2 Å². The Labute approximate surface area is 188 Å². The quantitative estimate of drug-likeness (QED) is 0.482. The van der Waals surface area contributed by atoms with E-state index in [4.69, 9.17) is 5.41 Å².